The Kier molecular flexibility index (Phi) is 4.83. The predicted molar refractivity (Wildman–Crippen MR) is 71.0 cm³/mol. The van der Waals surface area contributed by atoms with Crippen molar-refractivity contribution in [2.45, 2.75) is 39.2 Å². The van der Waals surface area contributed by atoms with Gasteiger partial charge in [-0.25, -0.2) is 0 Å². The molecule has 100 valence electrons. The molecule has 2 N–H and O–H groups in total. The number of rotatable bonds is 6. The van der Waals surface area contributed by atoms with Gasteiger partial charge in [0.05, 0.1) is 6.61 Å². The van der Waals surface area contributed by atoms with Gasteiger partial charge in [0.2, 0.25) is 0 Å². The maximum absolute atomic E-state index is 9.10. The Morgan fingerprint density at radius 1 is 1.29 bits per heavy atom. The normalized spacial score (nSPS) is 31.1. The van der Waals surface area contributed by atoms with E-state index in [2.05, 4.69) is 24.1 Å². The van der Waals surface area contributed by atoms with E-state index in [0.29, 0.717) is 12.6 Å². The Morgan fingerprint density at radius 2 is 2.06 bits per heavy atom. The molecular weight excluding hydrogens is 212 g/mol. The zero-order chi connectivity index (χ0) is 12.3. The number of nitrogens with zero attached hydrogens (tertiary/aromatic N) is 1. The van der Waals surface area contributed by atoms with Gasteiger partial charge in [0.25, 0.3) is 0 Å². The van der Waals surface area contributed by atoms with E-state index in [-0.39, 0.29) is 0 Å². The molecule has 1 aliphatic heterocycles. The van der Waals surface area contributed by atoms with Crippen LogP contribution in [0.3, 0.4) is 0 Å². The van der Waals surface area contributed by atoms with Crippen LogP contribution >= 0.6 is 0 Å². The fraction of sp³-hybridized carbons (Fsp3) is 1.00. The monoisotopic (exact) mass is 240 g/mol. The maximum atomic E-state index is 9.10. The minimum atomic E-state index is 0.292. The van der Waals surface area contributed by atoms with Gasteiger partial charge in [-0.2, -0.15) is 0 Å². The largest absolute Gasteiger partial charge is 0.395 e. The number of nitrogens with one attached hydrogen (secondary N) is 1. The highest BCUT2D eigenvalue weighted by atomic mass is 16.3. The van der Waals surface area contributed by atoms with Gasteiger partial charge in [-0.1, -0.05) is 13.8 Å². The fourth-order valence-electron chi connectivity index (χ4n) is 2.84. The molecule has 1 saturated carbocycles. The molecule has 0 aromatic carbocycles. The Hall–Kier alpha value is -0.120. The zero-order valence-electron chi connectivity index (χ0n) is 11.4. The van der Waals surface area contributed by atoms with Crippen molar-refractivity contribution in [3.63, 3.8) is 0 Å². The second-order valence-electron chi connectivity index (χ2n) is 6.27. The van der Waals surface area contributed by atoms with Crippen LogP contribution in [0.5, 0.6) is 0 Å². The third-order valence-electron chi connectivity index (χ3n) is 4.31. The summed E-state index contributed by atoms with van der Waals surface area (Å²) in [6.07, 6.45) is 4.16. The minimum Gasteiger partial charge on any atom is -0.395 e. The van der Waals surface area contributed by atoms with Crippen LogP contribution in [-0.2, 0) is 0 Å². The van der Waals surface area contributed by atoms with Crippen LogP contribution in [0.4, 0.5) is 0 Å². The molecule has 2 rings (SSSR count). The van der Waals surface area contributed by atoms with Crippen molar-refractivity contribution < 1.29 is 5.11 Å². The molecule has 1 aliphatic carbocycles. The Bertz CT molecular complexity index is 228. The number of hydrogen-bond acceptors (Lipinski definition) is 3. The van der Waals surface area contributed by atoms with Gasteiger partial charge in [-0.3, -0.25) is 4.90 Å². The molecule has 0 aromatic rings. The number of hydrogen-bond donors (Lipinski definition) is 2. The minimum absolute atomic E-state index is 0.292. The molecule has 2 aliphatic rings. The van der Waals surface area contributed by atoms with Crippen LogP contribution in [0.25, 0.3) is 0 Å². The van der Waals surface area contributed by atoms with Crippen molar-refractivity contribution in [3.8, 4) is 0 Å². The van der Waals surface area contributed by atoms with E-state index in [1.807, 2.05) is 0 Å². The second-order valence-corrected chi connectivity index (χ2v) is 6.27. The Morgan fingerprint density at radius 3 is 2.65 bits per heavy atom. The third-order valence-corrected chi connectivity index (χ3v) is 4.31. The van der Waals surface area contributed by atoms with Gasteiger partial charge in [-0.15, -0.1) is 0 Å². The summed E-state index contributed by atoms with van der Waals surface area (Å²) < 4.78 is 0. The zero-order valence-corrected chi connectivity index (χ0v) is 11.4. The summed E-state index contributed by atoms with van der Waals surface area (Å²) in [5, 5.41) is 12.8. The first-order valence-corrected chi connectivity index (χ1v) is 7.25. The SMILES string of the molecule is CC(C)C1CC(NCC2CC2)CN(CCO)C1. The standard InChI is InChI=1S/C14H28N2O/c1-11(2)13-7-14(15-8-12-3-4-12)10-16(9-13)5-6-17/h11-15,17H,3-10H2,1-2H3. The van der Waals surface area contributed by atoms with Crippen molar-refractivity contribution in [2.24, 2.45) is 17.8 Å². The average Bonchev–Trinajstić information content (AvgIpc) is 3.10. The quantitative estimate of drug-likeness (QED) is 0.735. The van der Waals surface area contributed by atoms with E-state index in [0.717, 1.165) is 30.8 Å². The number of aliphatic hydroxyl groups is 1. The van der Waals surface area contributed by atoms with Crippen LogP contribution < -0.4 is 5.32 Å². The second kappa shape index (κ2) is 6.17. The lowest BCUT2D eigenvalue weighted by atomic mass is 9.85. The molecule has 0 radical (unpaired) electrons. The fourth-order valence-corrected chi connectivity index (χ4v) is 2.84. The number of β-amino-alcohol motifs (C(OH)–C–C–N with tert-alkyl or cyclic N) is 1. The molecule has 2 fully saturated rings. The molecule has 17 heavy (non-hydrogen) atoms. The summed E-state index contributed by atoms with van der Waals surface area (Å²) in [4.78, 5) is 2.43. The van der Waals surface area contributed by atoms with Crippen molar-refractivity contribution >= 4 is 0 Å². The molecule has 2 atom stereocenters. The first-order chi connectivity index (χ1) is 8.19. The number of piperidine rings is 1. The van der Waals surface area contributed by atoms with Gasteiger partial charge in [0.15, 0.2) is 0 Å². The van der Waals surface area contributed by atoms with Crippen LogP contribution in [0, 0.1) is 17.8 Å². The number of aliphatic hydroxyl groups excluding tert-OH is 1. The first kappa shape index (κ1) is 13.3. The van der Waals surface area contributed by atoms with Gasteiger partial charge in [0.1, 0.15) is 0 Å². The summed E-state index contributed by atoms with van der Waals surface area (Å²) in [7, 11) is 0. The topological polar surface area (TPSA) is 35.5 Å². The molecule has 0 bridgehead atoms. The van der Waals surface area contributed by atoms with E-state index < -0.39 is 0 Å². The van der Waals surface area contributed by atoms with E-state index in [9.17, 15) is 0 Å². The maximum Gasteiger partial charge on any atom is 0.0558 e. The van der Waals surface area contributed by atoms with Gasteiger partial charge >= 0.3 is 0 Å². The van der Waals surface area contributed by atoms with Gasteiger partial charge < -0.3 is 10.4 Å². The molecule has 1 saturated heterocycles. The van der Waals surface area contributed by atoms with E-state index in [1.165, 1.54) is 32.4 Å². The average molecular weight is 240 g/mol. The van der Waals surface area contributed by atoms with Crippen molar-refractivity contribution in [1.29, 1.82) is 0 Å². The van der Waals surface area contributed by atoms with Crippen LogP contribution in [0.15, 0.2) is 0 Å². The van der Waals surface area contributed by atoms with E-state index >= 15 is 0 Å². The molecule has 3 nitrogen and oxygen atoms in total. The molecule has 0 aromatic heterocycles. The molecular formula is C14H28N2O. The number of likely N-dealkylation sites (tertiary alicyclic amines) is 1. The Balaban J connectivity index is 1.81. The molecule has 3 heteroatoms. The van der Waals surface area contributed by atoms with Crippen molar-refractivity contribution in [2.75, 3.05) is 32.8 Å². The highest BCUT2D eigenvalue weighted by molar-refractivity contribution is 4.86. The van der Waals surface area contributed by atoms with Crippen molar-refractivity contribution in [3.05, 3.63) is 0 Å². The third kappa shape index (κ3) is 4.23. The van der Waals surface area contributed by atoms with Crippen molar-refractivity contribution in [1.82, 2.24) is 10.2 Å². The molecule has 0 amide bonds. The highest BCUT2D eigenvalue weighted by Gasteiger charge is 2.30. The van der Waals surface area contributed by atoms with Gasteiger partial charge in [0, 0.05) is 25.7 Å². The summed E-state index contributed by atoms with van der Waals surface area (Å²) in [5.41, 5.74) is 0. The van der Waals surface area contributed by atoms with E-state index in [1.54, 1.807) is 0 Å². The van der Waals surface area contributed by atoms with Crippen LogP contribution in [-0.4, -0.2) is 48.8 Å². The lowest BCUT2D eigenvalue weighted by molar-refractivity contribution is 0.0964. The highest BCUT2D eigenvalue weighted by Crippen LogP contribution is 2.29. The summed E-state index contributed by atoms with van der Waals surface area (Å²) in [5.74, 6) is 2.49. The van der Waals surface area contributed by atoms with Crippen LogP contribution in [0.2, 0.25) is 0 Å². The smallest absolute Gasteiger partial charge is 0.0558 e. The van der Waals surface area contributed by atoms with Crippen LogP contribution in [0.1, 0.15) is 33.1 Å². The summed E-state index contributed by atoms with van der Waals surface area (Å²) in [6, 6.07) is 0.642. The van der Waals surface area contributed by atoms with E-state index in [4.69, 9.17) is 5.11 Å². The lowest BCUT2D eigenvalue weighted by Gasteiger charge is -2.39. The summed E-state index contributed by atoms with van der Waals surface area (Å²) >= 11 is 0. The lowest BCUT2D eigenvalue weighted by Crippen LogP contribution is -2.51. The first-order valence-electron chi connectivity index (χ1n) is 7.25. The Labute approximate surface area is 106 Å². The predicted octanol–water partition coefficient (Wildman–Crippen LogP) is 1.32. The molecule has 1 heterocycles. The molecule has 2 unspecified atom stereocenters. The van der Waals surface area contributed by atoms with Gasteiger partial charge in [-0.05, 0) is 43.6 Å². The summed E-state index contributed by atoms with van der Waals surface area (Å²) in [6.45, 7) is 9.28. The molecule has 0 spiro atoms.